The molecule has 1 aromatic rings. The molecule has 814 valence electrons. The Labute approximate surface area is 842 Å². The van der Waals surface area contributed by atoms with Gasteiger partial charge in [0.15, 0.2) is 52.2 Å². The number of nitrogens with one attached hydrogen (secondary N) is 8. The van der Waals surface area contributed by atoms with Gasteiger partial charge in [-0.25, -0.2) is 0 Å². The zero-order valence-corrected chi connectivity index (χ0v) is 86.4. The van der Waals surface area contributed by atoms with Gasteiger partial charge in [-0.05, 0) is 154 Å². The van der Waals surface area contributed by atoms with Crippen LogP contribution in [0, 0.1) is 59.2 Å². The maximum atomic E-state index is 14.7. The number of carboxylic acid groups (broad SMARTS) is 1. The number of rotatable bonds is 82. The van der Waals surface area contributed by atoms with Crippen molar-refractivity contribution in [1.82, 2.24) is 42.5 Å². The third kappa shape index (κ3) is 56.5. The first-order valence-electron chi connectivity index (χ1n) is 50.9. The highest BCUT2D eigenvalue weighted by Gasteiger charge is 2.41. The van der Waals surface area contributed by atoms with Crippen LogP contribution in [0.3, 0.4) is 0 Å². The van der Waals surface area contributed by atoms with Gasteiger partial charge in [-0.1, -0.05) is 144 Å². The molecule has 0 aliphatic heterocycles. The molecule has 0 fully saturated rings. The summed E-state index contributed by atoms with van der Waals surface area (Å²) < 4.78 is 0. The summed E-state index contributed by atoms with van der Waals surface area (Å²) in [5.74, 6) is -23.4. The second-order valence-corrected chi connectivity index (χ2v) is 38.6. The number of aliphatic hydroxyl groups is 6. The number of amides is 10. The fourth-order valence-electron chi connectivity index (χ4n) is 16.2. The van der Waals surface area contributed by atoms with Crippen LogP contribution in [-0.4, -0.2) is 264 Å². The molecule has 20 atom stereocenters. The smallest absolute Gasteiger partial charge is 0.303 e. The predicted molar refractivity (Wildman–Crippen MR) is 536 cm³/mol. The van der Waals surface area contributed by atoms with Gasteiger partial charge >= 0.3 is 5.97 Å². The number of unbranched alkanes of at least 4 members (excludes halogenated alkanes) is 14. The highest BCUT2D eigenvalue weighted by Crippen LogP contribution is 2.28. The van der Waals surface area contributed by atoms with Crippen molar-refractivity contribution in [2.24, 2.45) is 98.6 Å². The largest absolute Gasteiger partial charge is 0.508 e. The molecule has 0 spiro atoms. The van der Waals surface area contributed by atoms with Crippen molar-refractivity contribution in [1.29, 1.82) is 0 Å². The number of phenols is 1. The van der Waals surface area contributed by atoms with Crippen molar-refractivity contribution in [3.8, 4) is 5.75 Å². The van der Waals surface area contributed by atoms with Crippen LogP contribution in [0.25, 0.3) is 0 Å². The summed E-state index contributed by atoms with van der Waals surface area (Å²) in [6.45, 7) is 16.9. The molecule has 0 aliphatic carbocycles. The number of carboxylic acids is 1. The number of nitrogens with two attached hydrogens (primary N) is 6. The highest BCUT2D eigenvalue weighted by atomic mass is 16.4. The lowest BCUT2D eigenvalue weighted by Crippen LogP contribution is -2.53. The first-order chi connectivity index (χ1) is 67.4. The number of hydrogen-bond acceptors (Lipinski definition) is 29. The van der Waals surface area contributed by atoms with Crippen LogP contribution < -0.4 is 76.9 Å². The van der Waals surface area contributed by atoms with Gasteiger partial charge in [0.05, 0.1) is 86.1 Å². The normalized spacial score (nSPS) is 15.5. The number of ketones is 8. The minimum atomic E-state index is -1.59. The summed E-state index contributed by atoms with van der Waals surface area (Å²) in [5, 5.41) is 99.9. The molecule has 0 aromatic heterocycles. The maximum Gasteiger partial charge on any atom is 0.303 e. The lowest BCUT2D eigenvalue weighted by Gasteiger charge is -2.28. The van der Waals surface area contributed by atoms with E-state index in [0.29, 0.717) is 50.6 Å². The van der Waals surface area contributed by atoms with E-state index < -0.39 is 284 Å². The number of primary amides is 2. The highest BCUT2D eigenvalue weighted by molar-refractivity contribution is 6.01. The van der Waals surface area contributed by atoms with E-state index in [4.69, 9.17) is 39.5 Å². The predicted octanol–water partition coefficient (Wildman–Crippen LogP) is 2.71. The van der Waals surface area contributed by atoms with Gasteiger partial charge in [0, 0.05) is 108 Å². The summed E-state index contributed by atoms with van der Waals surface area (Å²) in [6, 6.07) is -4.51. The van der Waals surface area contributed by atoms with E-state index in [9.17, 15) is 127 Å². The number of aliphatic carboxylic acids is 1. The van der Waals surface area contributed by atoms with E-state index in [1.807, 2.05) is 0 Å². The van der Waals surface area contributed by atoms with E-state index >= 15 is 0 Å². The van der Waals surface area contributed by atoms with Crippen LogP contribution in [0.2, 0.25) is 0 Å². The number of phenolic OH excluding ortho intramolecular Hbond substituents is 1. The van der Waals surface area contributed by atoms with Crippen molar-refractivity contribution in [2.75, 3.05) is 39.5 Å². The van der Waals surface area contributed by atoms with Crippen molar-refractivity contribution in [3.63, 3.8) is 0 Å². The molecular weight excluding hydrogens is 1860 g/mol. The van der Waals surface area contributed by atoms with Gasteiger partial charge in [0.1, 0.15) is 23.9 Å². The number of carbonyl (C=O) groups is 19. The number of hydrogen-bond donors (Lipinski definition) is 22. The summed E-state index contributed by atoms with van der Waals surface area (Å²) in [6.07, 6.45) is 9.51. The lowest BCUT2D eigenvalue weighted by atomic mass is 9.84. The van der Waals surface area contributed by atoms with E-state index in [0.717, 1.165) is 19.3 Å². The third-order valence-electron chi connectivity index (χ3n) is 25.7. The zero-order valence-electron chi connectivity index (χ0n) is 86.4. The van der Waals surface area contributed by atoms with E-state index in [1.165, 1.54) is 124 Å². The first kappa shape index (κ1) is 132. The summed E-state index contributed by atoms with van der Waals surface area (Å²) >= 11 is 0. The quantitative estimate of drug-likeness (QED) is 0.0253. The minimum absolute atomic E-state index is 0.0228. The summed E-state index contributed by atoms with van der Waals surface area (Å²) in [7, 11) is 0. The molecule has 143 heavy (non-hydrogen) atoms. The van der Waals surface area contributed by atoms with E-state index in [-0.39, 0.29) is 114 Å². The van der Waals surface area contributed by atoms with Gasteiger partial charge in [-0.15, -0.1) is 0 Å². The Balaban J connectivity index is 0.00000310. The third-order valence-corrected chi connectivity index (χ3v) is 25.7. The summed E-state index contributed by atoms with van der Waals surface area (Å²) in [4.78, 5) is 255. The molecule has 0 unspecified atom stereocenters. The maximum absolute atomic E-state index is 14.7. The number of aliphatic imine (C=N–C) groups is 1. The Morgan fingerprint density at radius 3 is 1.26 bits per heavy atom. The fourth-order valence-corrected chi connectivity index (χ4v) is 16.2. The molecule has 0 saturated heterocycles. The van der Waals surface area contributed by atoms with Crippen molar-refractivity contribution < 1.29 is 132 Å². The number of aromatic hydroxyl groups is 1. The molecule has 0 aliphatic rings. The number of benzene rings is 1. The molecule has 0 bridgehead atoms. The number of aliphatic hydroxyl groups excluding tert-OH is 6. The van der Waals surface area contributed by atoms with Crippen molar-refractivity contribution in [2.45, 2.75) is 381 Å². The molecule has 10 amide bonds. The zero-order chi connectivity index (χ0) is 109. The van der Waals surface area contributed by atoms with Crippen molar-refractivity contribution >= 4 is 117 Å². The van der Waals surface area contributed by atoms with Gasteiger partial charge in [0.2, 0.25) is 59.1 Å². The fraction of sp³-hybridized carbons (Fsp3) is 0.743. The standard InChI is InChI=1S/C60H100N12O15.C41H73N3O12/c1-8-34(4)44(31-52(81)54(36(6)74)69-37(7)75)59(87)72-47(21-22-53(63)82)50(79)28-40(26-38-17-19-42(76)20-18-38)57(85)70-46(16-13-25-67-60(65)66)49(78)27-39(14-9-11-23-61)56(84)68-35(5)48(77)30-43(33(2)3)58(86)71-45(15-10-12-24-62)51(80)29-41(32-73)55(64)83;1-6-7-8-9-10-11-12-13-14-15-16-17-18-19-37(52)42-28(3)34(49)23-31(25-45)40(55)44-39(30(5)48)36(51)24-32(29(4)47)41(56)43-33(26-46)35(50)22-27(2)20-21-38(53)54/h17-20,33-36,39-41,43-47,54,73-74,76H,8-16,21-32,61-62H2,1-7H3,(H2,63,82)(H2,64,83)(H,68,84)(H,69,75)(H,70,85)(H,71,86)(H,72,87)(H4,65,66,67);27-33,39,45-48H,6-26H2,1-5H3,(H,42,52)(H,43,56)(H,44,55)(H,53,54)/t34-,35-,36+,39+,40+,41-,43-,44-,45-,46-,47-,54-;27-,28+,29-,30-,31+,32+,33+,39+/m01/s1. The Kier molecular flexibility index (Phi) is 68.9. The van der Waals surface area contributed by atoms with Crippen LogP contribution >= 0.6 is 0 Å². The molecule has 0 heterocycles. The number of guanidine groups is 1. The van der Waals surface area contributed by atoms with Crippen LogP contribution in [-0.2, 0) is 97.5 Å². The molecular formula is C101H173N15O27. The van der Waals surface area contributed by atoms with Gasteiger partial charge in [-0.2, -0.15) is 0 Å². The Hall–Kier alpha value is -10.5. The SMILES string of the molecule is CCCCCCCCCCCCCCCC(=O)N[C@@H](C)C(=O)C[C@@H](CO)C(=O)N[C@H](C(=O)C[C@H](C(=O)N[C@@H](CO)C(=O)C[C@H](C)CCC(=O)O)[C@@H](C)O)[C@@H](C)O.CC[C@H](C)[C@H](CC(=O)[C@@H](NC(C)=O)[C@@H](C)O)C(=O)N[C@@H](CCC(N)=O)C(=O)C[C@@H](Cc1ccc(O)cc1)C(=O)N[C@@H](CCCN=C(N)N)C(=O)C[C@@H](CCCCN)C(=O)N[C@@H](C)C(=O)C[C@H](C(=O)N[C@@H](CCCCN)C(=O)C[C@@H](CO)C(N)=O)C(C)C. The number of Topliss-reactive ketones (excluding diaryl/α,β-unsaturated/α-hetero) is 8. The minimum Gasteiger partial charge on any atom is -0.508 e. The molecule has 1 aromatic carbocycles. The van der Waals surface area contributed by atoms with Crippen LogP contribution in [0.15, 0.2) is 29.3 Å². The Morgan fingerprint density at radius 1 is 0.371 bits per heavy atom. The summed E-state index contributed by atoms with van der Waals surface area (Å²) in [5.41, 5.74) is 34.0. The molecule has 0 saturated carbocycles. The average Bonchev–Trinajstić information content (AvgIpc) is 0.861. The molecule has 28 N–H and O–H groups in total. The van der Waals surface area contributed by atoms with Gasteiger partial charge in [0.25, 0.3) is 0 Å². The van der Waals surface area contributed by atoms with Crippen LogP contribution in [0.4, 0.5) is 0 Å². The van der Waals surface area contributed by atoms with Crippen LogP contribution in [0.1, 0.15) is 313 Å². The molecule has 42 heteroatoms. The molecule has 1 rings (SSSR count). The van der Waals surface area contributed by atoms with Gasteiger partial charge < -0.3 is 118 Å². The lowest BCUT2D eigenvalue weighted by molar-refractivity contribution is -0.139. The number of carbonyl (C=O) groups excluding carboxylic acids is 18. The first-order valence-corrected chi connectivity index (χ1v) is 50.9. The van der Waals surface area contributed by atoms with Crippen molar-refractivity contribution in [3.05, 3.63) is 29.8 Å². The molecule has 0 radical (unpaired) electrons. The molecule has 42 nitrogen and oxygen atoms in total. The van der Waals surface area contributed by atoms with E-state index in [2.05, 4.69) is 54.5 Å². The second-order valence-electron chi connectivity index (χ2n) is 38.6. The average molecular weight is 2030 g/mol. The van der Waals surface area contributed by atoms with E-state index in [1.54, 1.807) is 34.6 Å². The Morgan fingerprint density at radius 2 is 0.790 bits per heavy atom. The van der Waals surface area contributed by atoms with Crippen LogP contribution in [0.5, 0.6) is 5.75 Å². The van der Waals surface area contributed by atoms with Gasteiger partial charge in [-0.3, -0.25) is 96.1 Å². The second kappa shape index (κ2) is 74.4. The number of nitrogens with zero attached hydrogens (tertiary/aromatic N) is 1. The topological polar surface area (TPSA) is 751 Å². The monoisotopic (exact) mass is 2030 g/mol. The Bertz CT molecular complexity index is 4150.